The number of hydrogen-bond acceptors (Lipinski definition) is 3. The zero-order valence-corrected chi connectivity index (χ0v) is 13.5. The van der Waals surface area contributed by atoms with Gasteiger partial charge in [0.2, 0.25) is 0 Å². The molecule has 0 aliphatic heterocycles. The average molecular weight is 315 g/mol. The van der Waals surface area contributed by atoms with Gasteiger partial charge in [-0.15, -0.1) is 0 Å². The maximum Gasteiger partial charge on any atom is 0.303 e. The van der Waals surface area contributed by atoms with Crippen LogP contribution in [0.25, 0.3) is 5.69 Å². The third-order valence-corrected chi connectivity index (χ3v) is 3.67. The second-order valence-electron chi connectivity index (χ2n) is 6.12. The van der Waals surface area contributed by atoms with Crippen LogP contribution in [0.1, 0.15) is 42.7 Å². The average Bonchev–Trinajstić information content (AvgIpc) is 2.87. The summed E-state index contributed by atoms with van der Waals surface area (Å²) in [5, 5.41) is 15.9. The fourth-order valence-electron chi connectivity index (χ4n) is 2.32. The maximum absolute atomic E-state index is 12.5. The molecule has 2 N–H and O–H groups in total. The number of aliphatic carboxylic acids is 1. The minimum Gasteiger partial charge on any atom is -0.481 e. The van der Waals surface area contributed by atoms with Crippen LogP contribution in [-0.2, 0) is 4.79 Å². The van der Waals surface area contributed by atoms with E-state index in [9.17, 15) is 9.59 Å². The molecule has 0 bridgehead atoms. The highest BCUT2D eigenvalue weighted by Gasteiger charge is 2.24. The van der Waals surface area contributed by atoms with E-state index >= 15 is 0 Å². The molecule has 1 aromatic carbocycles. The summed E-state index contributed by atoms with van der Waals surface area (Å²) in [5.41, 5.74) is 1.51. The molecule has 0 atom stereocenters. The maximum atomic E-state index is 12.5. The molecule has 2 rings (SSSR count). The van der Waals surface area contributed by atoms with Crippen LogP contribution >= 0.6 is 0 Å². The number of carboxylic acids is 1. The molecule has 1 heterocycles. The Balaban J connectivity index is 2.15. The van der Waals surface area contributed by atoms with E-state index < -0.39 is 11.5 Å². The Labute approximate surface area is 135 Å². The van der Waals surface area contributed by atoms with E-state index in [0.29, 0.717) is 12.0 Å². The van der Waals surface area contributed by atoms with Crippen LogP contribution in [0.4, 0.5) is 0 Å². The van der Waals surface area contributed by atoms with Crippen molar-refractivity contribution in [1.82, 2.24) is 15.1 Å². The van der Waals surface area contributed by atoms with Gasteiger partial charge in [-0.3, -0.25) is 9.59 Å². The highest BCUT2D eigenvalue weighted by atomic mass is 16.4. The number of nitrogens with one attached hydrogen (secondary N) is 1. The number of carboxylic acid groups (broad SMARTS) is 1. The van der Waals surface area contributed by atoms with E-state index in [2.05, 4.69) is 10.4 Å². The number of aromatic nitrogens is 2. The Kier molecular flexibility index (Phi) is 4.83. The number of nitrogens with zero attached hydrogens (tertiary/aromatic N) is 2. The van der Waals surface area contributed by atoms with Crippen LogP contribution in [0.3, 0.4) is 0 Å². The summed E-state index contributed by atoms with van der Waals surface area (Å²) in [6, 6.07) is 9.56. The molecule has 1 amide bonds. The molecule has 6 heteroatoms. The second kappa shape index (κ2) is 6.64. The third kappa shape index (κ3) is 4.18. The Hall–Kier alpha value is -2.63. The van der Waals surface area contributed by atoms with Crippen LogP contribution in [0.5, 0.6) is 0 Å². The van der Waals surface area contributed by atoms with Crippen molar-refractivity contribution in [2.24, 2.45) is 0 Å². The van der Waals surface area contributed by atoms with Crippen LogP contribution in [0.2, 0.25) is 0 Å². The van der Waals surface area contributed by atoms with Crippen molar-refractivity contribution in [3.63, 3.8) is 0 Å². The Morgan fingerprint density at radius 3 is 2.52 bits per heavy atom. The van der Waals surface area contributed by atoms with Crippen molar-refractivity contribution >= 4 is 11.9 Å². The van der Waals surface area contributed by atoms with Crippen molar-refractivity contribution in [2.45, 2.75) is 39.2 Å². The largest absolute Gasteiger partial charge is 0.481 e. The van der Waals surface area contributed by atoms with Crippen molar-refractivity contribution in [2.75, 3.05) is 0 Å². The number of para-hydroxylation sites is 1. The fourth-order valence-corrected chi connectivity index (χ4v) is 2.32. The molecule has 6 nitrogen and oxygen atoms in total. The van der Waals surface area contributed by atoms with Gasteiger partial charge in [0.15, 0.2) is 0 Å². The number of benzene rings is 1. The highest BCUT2D eigenvalue weighted by Crippen LogP contribution is 2.17. The highest BCUT2D eigenvalue weighted by molar-refractivity contribution is 5.95. The van der Waals surface area contributed by atoms with E-state index in [4.69, 9.17) is 5.11 Å². The molecule has 2 aromatic rings. The summed E-state index contributed by atoms with van der Waals surface area (Å²) in [6.07, 6.45) is 1.90. The zero-order valence-electron chi connectivity index (χ0n) is 13.5. The zero-order chi connectivity index (χ0) is 17.0. The summed E-state index contributed by atoms with van der Waals surface area (Å²) >= 11 is 0. The number of carbonyl (C=O) groups excluding carboxylic acids is 1. The molecule has 23 heavy (non-hydrogen) atoms. The van der Waals surface area contributed by atoms with Gasteiger partial charge in [-0.05, 0) is 39.3 Å². The quantitative estimate of drug-likeness (QED) is 0.858. The summed E-state index contributed by atoms with van der Waals surface area (Å²) in [4.78, 5) is 23.1. The first-order chi connectivity index (χ1) is 10.8. The molecule has 0 unspecified atom stereocenters. The molecule has 0 radical (unpaired) electrons. The van der Waals surface area contributed by atoms with Gasteiger partial charge < -0.3 is 10.4 Å². The minimum atomic E-state index is -0.875. The van der Waals surface area contributed by atoms with Gasteiger partial charge in [0.1, 0.15) is 0 Å². The van der Waals surface area contributed by atoms with E-state index in [1.807, 2.05) is 51.1 Å². The number of rotatable bonds is 6. The topological polar surface area (TPSA) is 84.2 Å². The molecule has 0 fully saturated rings. The van der Waals surface area contributed by atoms with Gasteiger partial charge in [-0.1, -0.05) is 18.2 Å². The van der Waals surface area contributed by atoms with Crippen molar-refractivity contribution in [3.05, 3.63) is 47.8 Å². The summed E-state index contributed by atoms with van der Waals surface area (Å²) < 4.78 is 1.71. The van der Waals surface area contributed by atoms with Gasteiger partial charge in [0.05, 0.1) is 23.1 Å². The lowest BCUT2D eigenvalue weighted by molar-refractivity contribution is -0.137. The van der Waals surface area contributed by atoms with Crippen LogP contribution < -0.4 is 5.32 Å². The first-order valence-corrected chi connectivity index (χ1v) is 7.44. The Morgan fingerprint density at radius 1 is 1.26 bits per heavy atom. The number of carbonyl (C=O) groups is 2. The molecule has 0 aliphatic carbocycles. The molecule has 122 valence electrons. The van der Waals surface area contributed by atoms with Gasteiger partial charge in [0, 0.05) is 12.0 Å². The summed E-state index contributed by atoms with van der Waals surface area (Å²) in [6.45, 7) is 5.45. The lowest BCUT2D eigenvalue weighted by Crippen LogP contribution is -2.43. The second-order valence-corrected chi connectivity index (χ2v) is 6.12. The molecule has 0 saturated heterocycles. The lowest BCUT2D eigenvalue weighted by Gasteiger charge is -2.25. The predicted molar refractivity (Wildman–Crippen MR) is 86.7 cm³/mol. The molecule has 1 aromatic heterocycles. The predicted octanol–water partition coefficient (Wildman–Crippen LogP) is 2.55. The fraction of sp³-hybridized carbons (Fsp3) is 0.353. The lowest BCUT2D eigenvalue weighted by atomic mass is 9.98. The number of amides is 1. The van der Waals surface area contributed by atoms with E-state index in [-0.39, 0.29) is 12.3 Å². The smallest absolute Gasteiger partial charge is 0.303 e. The van der Waals surface area contributed by atoms with Crippen molar-refractivity contribution in [1.29, 1.82) is 0 Å². The molecular formula is C17H21N3O3. The Bertz CT molecular complexity index is 705. The van der Waals surface area contributed by atoms with Crippen LogP contribution in [0, 0.1) is 6.92 Å². The van der Waals surface area contributed by atoms with E-state index in [1.54, 1.807) is 4.68 Å². The van der Waals surface area contributed by atoms with Crippen LogP contribution in [-0.4, -0.2) is 32.3 Å². The molecule has 0 saturated carbocycles. The number of hydrogen-bond donors (Lipinski definition) is 2. The molecule has 0 spiro atoms. The minimum absolute atomic E-state index is 0.00946. The first-order valence-electron chi connectivity index (χ1n) is 7.44. The van der Waals surface area contributed by atoms with Gasteiger partial charge >= 0.3 is 5.97 Å². The van der Waals surface area contributed by atoms with Gasteiger partial charge in [-0.25, -0.2) is 4.68 Å². The molecule has 0 aliphatic rings. The third-order valence-electron chi connectivity index (χ3n) is 3.67. The standard InChI is InChI=1S/C17H21N3O3/c1-12-14(11-18-20(12)13-7-5-4-6-8-13)16(23)19-17(2,3)10-9-15(21)22/h4-8,11H,9-10H2,1-3H3,(H,19,23)(H,21,22). The van der Waals surface area contributed by atoms with E-state index in [1.165, 1.54) is 6.20 Å². The van der Waals surface area contributed by atoms with Gasteiger partial charge in [0.25, 0.3) is 5.91 Å². The Morgan fingerprint density at radius 2 is 1.91 bits per heavy atom. The van der Waals surface area contributed by atoms with Crippen LogP contribution in [0.15, 0.2) is 36.5 Å². The monoisotopic (exact) mass is 315 g/mol. The van der Waals surface area contributed by atoms with E-state index in [0.717, 1.165) is 11.4 Å². The van der Waals surface area contributed by atoms with Crippen molar-refractivity contribution in [3.8, 4) is 5.69 Å². The first kappa shape index (κ1) is 16.7. The molecular weight excluding hydrogens is 294 g/mol. The van der Waals surface area contributed by atoms with Gasteiger partial charge in [-0.2, -0.15) is 5.10 Å². The SMILES string of the molecule is Cc1c(C(=O)NC(C)(C)CCC(=O)O)cnn1-c1ccccc1. The normalized spacial score (nSPS) is 11.3. The summed E-state index contributed by atoms with van der Waals surface area (Å²) in [5.74, 6) is -1.12. The van der Waals surface area contributed by atoms with Crippen molar-refractivity contribution < 1.29 is 14.7 Å². The summed E-state index contributed by atoms with van der Waals surface area (Å²) in [7, 11) is 0.